The van der Waals surface area contributed by atoms with Crippen LogP contribution in [0.25, 0.3) is 0 Å². The zero-order valence-electron chi connectivity index (χ0n) is 10.2. The molecule has 3 heteroatoms. The van der Waals surface area contributed by atoms with Crippen LogP contribution in [-0.4, -0.2) is 16.6 Å². The Morgan fingerprint density at radius 2 is 2.24 bits per heavy atom. The van der Waals surface area contributed by atoms with Gasteiger partial charge in [0.15, 0.2) is 5.12 Å². The highest BCUT2D eigenvalue weighted by atomic mass is 32.2. The summed E-state index contributed by atoms with van der Waals surface area (Å²) in [6.45, 7) is 3.73. The van der Waals surface area contributed by atoms with Crippen LogP contribution in [0.1, 0.15) is 25.8 Å². The average Bonchev–Trinajstić information content (AvgIpc) is 2.29. The second-order valence-corrected chi connectivity index (χ2v) is 5.96. The van der Waals surface area contributed by atoms with Crippen molar-refractivity contribution < 1.29 is 4.79 Å². The Morgan fingerprint density at radius 1 is 1.41 bits per heavy atom. The predicted molar refractivity (Wildman–Crippen MR) is 77.5 cm³/mol. The first kappa shape index (κ1) is 14.2. The molecule has 1 nitrogen and oxygen atoms in total. The van der Waals surface area contributed by atoms with Gasteiger partial charge in [0, 0.05) is 29.6 Å². The second kappa shape index (κ2) is 8.27. The summed E-state index contributed by atoms with van der Waals surface area (Å²) in [5.41, 5.74) is 1.05. The van der Waals surface area contributed by atoms with E-state index < -0.39 is 0 Å². The van der Waals surface area contributed by atoms with Crippen LogP contribution >= 0.6 is 23.5 Å². The first-order chi connectivity index (χ1) is 8.22. The molecule has 0 aliphatic rings. The van der Waals surface area contributed by atoms with Gasteiger partial charge in [-0.2, -0.15) is 0 Å². The van der Waals surface area contributed by atoms with Crippen molar-refractivity contribution >= 4 is 28.6 Å². The van der Waals surface area contributed by atoms with Gasteiger partial charge in [-0.25, -0.2) is 0 Å². The highest BCUT2D eigenvalue weighted by molar-refractivity contribution is 8.13. The Bertz CT molecular complexity index is 429. The number of hydrogen-bond donors (Lipinski definition) is 0. The molecule has 0 aromatic heterocycles. The SMILES string of the molecule is CCSc1cccc(C#CCCSC(C)=O)c1. The fourth-order valence-corrected chi connectivity index (χ4v) is 2.45. The number of carbonyl (C=O) groups is 1. The average molecular weight is 264 g/mol. The molecule has 0 saturated carbocycles. The Labute approximate surface area is 112 Å². The fraction of sp³-hybridized carbons (Fsp3) is 0.357. The van der Waals surface area contributed by atoms with Crippen molar-refractivity contribution in [3.8, 4) is 11.8 Å². The van der Waals surface area contributed by atoms with Crippen molar-refractivity contribution in [3.63, 3.8) is 0 Å². The highest BCUT2D eigenvalue weighted by Gasteiger charge is 1.93. The number of benzene rings is 1. The van der Waals surface area contributed by atoms with Gasteiger partial charge in [0.1, 0.15) is 0 Å². The quantitative estimate of drug-likeness (QED) is 0.467. The second-order valence-electron chi connectivity index (χ2n) is 3.35. The van der Waals surface area contributed by atoms with Gasteiger partial charge in [0.2, 0.25) is 0 Å². The van der Waals surface area contributed by atoms with Crippen LogP contribution in [0.15, 0.2) is 29.2 Å². The van der Waals surface area contributed by atoms with Crippen LogP contribution < -0.4 is 0 Å². The molecule has 1 rings (SSSR count). The number of carbonyl (C=O) groups excluding carboxylic acids is 1. The molecule has 0 aliphatic carbocycles. The van der Waals surface area contributed by atoms with Crippen LogP contribution in [0.3, 0.4) is 0 Å². The number of hydrogen-bond acceptors (Lipinski definition) is 3. The minimum atomic E-state index is 0.160. The van der Waals surface area contributed by atoms with Crippen molar-refractivity contribution in [3.05, 3.63) is 29.8 Å². The maximum Gasteiger partial charge on any atom is 0.185 e. The van der Waals surface area contributed by atoms with E-state index in [-0.39, 0.29) is 5.12 Å². The molecule has 0 N–H and O–H groups in total. The first-order valence-corrected chi connectivity index (χ1v) is 7.54. The van der Waals surface area contributed by atoms with Gasteiger partial charge in [0.25, 0.3) is 0 Å². The zero-order chi connectivity index (χ0) is 12.5. The summed E-state index contributed by atoms with van der Waals surface area (Å²) in [6.07, 6.45) is 0.759. The lowest BCUT2D eigenvalue weighted by Gasteiger charge is -1.97. The third kappa shape index (κ3) is 6.45. The van der Waals surface area contributed by atoms with E-state index in [9.17, 15) is 4.79 Å². The highest BCUT2D eigenvalue weighted by Crippen LogP contribution is 2.18. The maximum absolute atomic E-state index is 10.7. The van der Waals surface area contributed by atoms with E-state index in [4.69, 9.17) is 0 Å². The summed E-state index contributed by atoms with van der Waals surface area (Å²) in [5, 5.41) is 0.160. The van der Waals surface area contributed by atoms with Crippen molar-refractivity contribution in [2.75, 3.05) is 11.5 Å². The molecule has 0 fully saturated rings. The Morgan fingerprint density at radius 3 is 2.94 bits per heavy atom. The molecule has 0 saturated heterocycles. The van der Waals surface area contributed by atoms with E-state index in [1.165, 1.54) is 16.7 Å². The van der Waals surface area contributed by atoms with E-state index >= 15 is 0 Å². The molecule has 0 radical (unpaired) electrons. The van der Waals surface area contributed by atoms with Gasteiger partial charge in [-0.3, -0.25) is 4.79 Å². The lowest BCUT2D eigenvalue weighted by molar-refractivity contribution is -0.109. The number of rotatable bonds is 4. The summed E-state index contributed by atoms with van der Waals surface area (Å²) >= 11 is 3.15. The molecule has 1 aromatic rings. The molecule has 90 valence electrons. The van der Waals surface area contributed by atoms with Crippen molar-refractivity contribution in [1.82, 2.24) is 0 Å². The van der Waals surface area contributed by atoms with Gasteiger partial charge >= 0.3 is 0 Å². The number of thioether (sulfide) groups is 2. The molecule has 0 atom stereocenters. The van der Waals surface area contributed by atoms with Gasteiger partial charge in [-0.1, -0.05) is 36.6 Å². The van der Waals surface area contributed by atoms with Gasteiger partial charge in [-0.15, -0.1) is 11.8 Å². The van der Waals surface area contributed by atoms with E-state index in [1.54, 1.807) is 6.92 Å². The van der Waals surface area contributed by atoms with Crippen molar-refractivity contribution in [1.29, 1.82) is 0 Å². The molecule has 0 aliphatic heterocycles. The normalized spacial score (nSPS) is 9.53. The van der Waals surface area contributed by atoms with E-state index in [2.05, 4.69) is 30.9 Å². The van der Waals surface area contributed by atoms with Gasteiger partial charge in [-0.05, 0) is 24.0 Å². The lowest BCUT2D eigenvalue weighted by Crippen LogP contribution is -1.84. The summed E-state index contributed by atoms with van der Waals surface area (Å²) < 4.78 is 0. The van der Waals surface area contributed by atoms with Gasteiger partial charge in [0.05, 0.1) is 0 Å². The molecule has 0 amide bonds. The molecule has 17 heavy (non-hydrogen) atoms. The van der Waals surface area contributed by atoms with E-state index in [1.807, 2.05) is 23.9 Å². The largest absolute Gasteiger partial charge is 0.288 e. The fourth-order valence-electron chi connectivity index (χ4n) is 1.24. The minimum absolute atomic E-state index is 0.160. The standard InChI is InChI=1S/C14H16OS2/c1-3-16-14-9-6-8-13(11-14)7-4-5-10-17-12(2)15/h6,8-9,11H,3,5,10H2,1-2H3. The van der Waals surface area contributed by atoms with E-state index in [0.717, 1.165) is 23.5 Å². The van der Waals surface area contributed by atoms with Crippen LogP contribution in [0.2, 0.25) is 0 Å². The predicted octanol–water partition coefficient (Wildman–Crippen LogP) is 3.82. The molecular formula is C14H16OS2. The maximum atomic E-state index is 10.7. The molecule has 0 spiro atoms. The molecule has 0 heterocycles. The topological polar surface area (TPSA) is 17.1 Å². The Balaban J connectivity index is 2.47. The van der Waals surface area contributed by atoms with Crippen LogP contribution in [-0.2, 0) is 4.79 Å². The van der Waals surface area contributed by atoms with Crippen LogP contribution in [0.5, 0.6) is 0 Å². The summed E-state index contributed by atoms with van der Waals surface area (Å²) in [6, 6.07) is 8.27. The van der Waals surface area contributed by atoms with Crippen LogP contribution in [0.4, 0.5) is 0 Å². The molecule has 1 aromatic carbocycles. The Hall–Kier alpha value is -0.850. The van der Waals surface area contributed by atoms with Crippen molar-refractivity contribution in [2.45, 2.75) is 25.2 Å². The third-order valence-electron chi connectivity index (χ3n) is 1.91. The summed E-state index contributed by atoms with van der Waals surface area (Å²) in [4.78, 5) is 12.0. The van der Waals surface area contributed by atoms with Gasteiger partial charge < -0.3 is 0 Å². The molecular weight excluding hydrogens is 248 g/mol. The zero-order valence-corrected chi connectivity index (χ0v) is 11.8. The summed E-state index contributed by atoms with van der Waals surface area (Å²) in [5.74, 6) is 8.08. The third-order valence-corrected chi connectivity index (χ3v) is 3.60. The van der Waals surface area contributed by atoms with Crippen molar-refractivity contribution in [2.24, 2.45) is 0 Å². The summed E-state index contributed by atoms with van der Waals surface area (Å²) in [7, 11) is 0. The van der Waals surface area contributed by atoms with Crippen LogP contribution in [0, 0.1) is 11.8 Å². The van der Waals surface area contributed by atoms with E-state index in [0.29, 0.717) is 0 Å². The molecule has 0 unspecified atom stereocenters. The smallest absolute Gasteiger partial charge is 0.185 e. The Kier molecular flexibility index (Phi) is 6.91. The lowest BCUT2D eigenvalue weighted by atomic mass is 10.2. The molecule has 0 bridgehead atoms. The minimum Gasteiger partial charge on any atom is -0.288 e. The monoisotopic (exact) mass is 264 g/mol. The first-order valence-electron chi connectivity index (χ1n) is 5.57.